The first kappa shape index (κ1) is 18.4. The fourth-order valence-electron chi connectivity index (χ4n) is 1.57. The third-order valence-electron chi connectivity index (χ3n) is 2.55. The molecule has 9 nitrogen and oxygen atoms in total. The zero-order valence-corrected chi connectivity index (χ0v) is 12.8. The van der Waals surface area contributed by atoms with Gasteiger partial charge < -0.3 is 25.2 Å². The van der Waals surface area contributed by atoms with Gasteiger partial charge >= 0.3 is 18.0 Å². The first-order chi connectivity index (χ1) is 10.4. The molecule has 0 aromatic rings. The van der Waals surface area contributed by atoms with Crippen molar-refractivity contribution in [2.75, 3.05) is 25.4 Å². The smallest absolute Gasteiger partial charge is 0.408 e. The minimum Gasteiger partial charge on any atom is -0.426 e. The number of Topliss-reactive ketones (excluding diaryl/α,β-unsaturated/α-hetero) is 1. The van der Waals surface area contributed by atoms with Crippen molar-refractivity contribution in [1.82, 2.24) is 10.6 Å². The molecule has 124 valence electrons. The maximum atomic E-state index is 11.7. The minimum atomic E-state index is -1.81. The molecule has 0 spiro atoms. The van der Waals surface area contributed by atoms with Crippen LogP contribution in [0, 0.1) is 0 Å². The van der Waals surface area contributed by atoms with Gasteiger partial charge in [-0.3, -0.25) is 9.59 Å². The van der Waals surface area contributed by atoms with Crippen molar-refractivity contribution in [2.45, 2.75) is 24.8 Å². The molecular formula is C12H18N2O7S. The van der Waals surface area contributed by atoms with E-state index in [1.54, 1.807) is 0 Å². The lowest BCUT2D eigenvalue weighted by Gasteiger charge is -2.14. The lowest BCUT2D eigenvalue weighted by atomic mass is 10.2. The van der Waals surface area contributed by atoms with Crippen molar-refractivity contribution in [3.8, 4) is 0 Å². The second-order valence-corrected chi connectivity index (χ2v) is 5.67. The van der Waals surface area contributed by atoms with E-state index in [2.05, 4.69) is 20.1 Å². The quantitative estimate of drug-likeness (QED) is 0.387. The Morgan fingerprint density at radius 1 is 1.41 bits per heavy atom. The number of ketones is 1. The number of alkyl carbamates (subject to hydrolysis) is 1. The van der Waals surface area contributed by atoms with Crippen LogP contribution in [0.1, 0.15) is 13.3 Å². The number of thioether (sulfide) groups is 1. The van der Waals surface area contributed by atoms with Crippen molar-refractivity contribution in [3.05, 3.63) is 0 Å². The Morgan fingerprint density at radius 2 is 2.14 bits per heavy atom. The van der Waals surface area contributed by atoms with E-state index in [-0.39, 0.29) is 24.9 Å². The van der Waals surface area contributed by atoms with E-state index in [1.165, 1.54) is 11.8 Å². The Morgan fingerprint density at radius 3 is 2.68 bits per heavy atom. The van der Waals surface area contributed by atoms with E-state index in [0.717, 1.165) is 19.2 Å². The predicted octanol–water partition coefficient (Wildman–Crippen LogP) is -1.22. The molecular weight excluding hydrogens is 316 g/mol. The molecule has 1 aliphatic rings. The minimum absolute atomic E-state index is 0.0300. The number of esters is 2. The number of rotatable bonds is 7. The van der Waals surface area contributed by atoms with Gasteiger partial charge in [0.25, 0.3) is 6.10 Å². The van der Waals surface area contributed by atoms with Gasteiger partial charge in [-0.2, -0.15) is 0 Å². The standard InChI is InChI=1S/C12H18N2O7S/c1-7(16)10(21-12(19)14-2-4-15)11(18)20-9(17)6-8-13-3-5-22-8/h8,10,13,15H,2-6H2,1H3,(H,14,19). The van der Waals surface area contributed by atoms with Crippen LogP contribution in [0.15, 0.2) is 0 Å². The first-order valence-electron chi connectivity index (χ1n) is 6.59. The topological polar surface area (TPSA) is 131 Å². The van der Waals surface area contributed by atoms with Gasteiger partial charge in [0.2, 0.25) is 0 Å². The second-order valence-electron chi connectivity index (χ2n) is 4.36. The number of aliphatic hydroxyl groups excluding tert-OH is 1. The summed E-state index contributed by atoms with van der Waals surface area (Å²) < 4.78 is 9.12. The molecule has 2 atom stereocenters. The lowest BCUT2D eigenvalue weighted by molar-refractivity contribution is -0.167. The molecule has 0 aromatic carbocycles. The fourth-order valence-corrected chi connectivity index (χ4v) is 2.58. The third-order valence-corrected chi connectivity index (χ3v) is 3.72. The van der Waals surface area contributed by atoms with Crippen LogP contribution in [0.3, 0.4) is 0 Å². The van der Waals surface area contributed by atoms with Gasteiger partial charge in [0.15, 0.2) is 5.78 Å². The van der Waals surface area contributed by atoms with Crippen molar-refractivity contribution in [2.24, 2.45) is 0 Å². The van der Waals surface area contributed by atoms with Crippen LogP contribution in [0.5, 0.6) is 0 Å². The molecule has 1 heterocycles. The van der Waals surface area contributed by atoms with E-state index < -0.39 is 29.9 Å². The molecule has 10 heteroatoms. The maximum Gasteiger partial charge on any atom is 0.408 e. The van der Waals surface area contributed by atoms with E-state index in [1.807, 2.05) is 0 Å². The summed E-state index contributed by atoms with van der Waals surface area (Å²) in [6.07, 6.45) is -2.91. The summed E-state index contributed by atoms with van der Waals surface area (Å²) in [5.41, 5.74) is 0. The summed E-state index contributed by atoms with van der Waals surface area (Å²) in [5, 5.41) is 13.6. The largest absolute Gasteiger partial charge is 0.426 e. The molecule has 0 radical (unpaired) electrons. The van der Waals surface area contributed by atoms with Gasteiger partial charge in [-0.05, 0) is 6.92 Å². The van der Waals surface area contributed by atoms with Crippen molar-refractivity contribution in [3.63, 3.8) is 0 Å². The monoisotopic (exact) mass is 334 g/mol. The van der Waals surface area contributed by atoms with Crippen LogP contribution in [0.2, 0.25) is 0 Å². The molecule has 0 bridgehead atoms. The Bertz CT molecular complexity index is 437. The number of amides is 1. The van der Waals surface area contributed by atoms with E-state index >= 15 is 0 Å². The summed E-state index contributed by atoms with van der Waals surface area (Å²) in [6, 6.07) is 0. The molecule has 0 saturated carbocycles. The zero-order chi connectivity index (χ0) is 16.5. The molecule has 1 saturated heterocycles. The highest BCUT2D eigenvalue weighted by molar-refractivity contribution is 8.00. The Kier molecular flexibility index (Phi) is 7.85. The molecule has 2 unspecified atom stereocenters. The van der Waals surface area contributed by atoms with Gasteiger partial charge in [-0.15, -0.1) is 11.8 Å². The number of ether oxygens (including phenoxy) is 2. The average molecular weight is 334 g/mol. The van der Waals surface area contributed by atoms with E-state index in [4.69, 9.17) is 5.11 Å². The molecule has 0 aromatic heterocycles. The van der Waals surface area contributed by atoms with Crippen molar-refractivity contribution >= 4 is 35.6 Å². The zero-order valence-electron chi connectivity index (χ0n) is 12.0. The van der Waals surface area contributed by atoms with Gasteiger partial charge in [0.05, 0.1) is 18.4 Å². The summed E-state index contributed by atoms with van der Waals surface area (Å²) >= 11 is 1.52. The lowest BCUT2D eigenvalue weighted by Crippen LogP contribution is -2.40. The normalized spacial score (nSPS) is 18.4. The van der Waals surface area contributed by atoms with Crippen LogP contribution in [-0.4, -0.2) is 65.8 Å². The molecule has 22 heavy (non-hydrogen) atoms. The summed E-state index contributed by atoms with van der Waals surface area (Å²) in [7, 11) is 0. The molecule has 1 amide bonds. The predicted molar refractivity (Wildman–Crippen MR) is 76.0 cm³/mol. The highest BCUT2D eigenvalue weighted by atomic mass is 32.2. The number of carbonyl (C=O) groups excluding carboxylic acids is 4. The van der Waals surface area contributed by atoms with Crippen molar-refractivity contribution in [1.29, 1.82) is 0 Å². The van der Waals surface area contributed by atoms with Gasteiger partial charge in [-0.1, -0.05) is 0 Å². The highest BCUT2D eigenvalue weighted by Crippen LogP contribution is 2.17. The second kappa shape index (κ2) is 9.38. The first-order valence-corrected chi connectivity index (χ1v) is 7.64. The van der Waals surface area contributed by atoms with Crippen LogP contribution >= 0.6 is 11.8 Å². The Balaban J connectivity index is 2.47. The number of hydrogen-bond donors (Lipinski definition) is 3. The Labute approximate surface area is 131 Å². The number of aliphatic hydroxyl groups is 1. The fraction of sp³-hybridized carbons (Fsp3) is 0.667. The SMILES string of the molecule is CC(=O)C(OC(=O)NCCO)C(=O)OC(=O)CC1NCCS1. The summed E-state index contributed by atoms with van der Waals surface area (Å²) in [5.74, 6) is -1.96. The molecule has 1 aliphatic heterocycles. The molecule has 0 aliphatic carbocycles. The highest BCUT2D eigenvalue weighted by Gasteiger charge is 2.32. The van der Waals surface area contributed by atoms with Gasteiger partial charge in [0, 0.05) is 18.8 Å². The third kappa shape index (κ3) is 6.41. The van der Waals surface area contributed by atoms with E-state index in [9.17, 15) is 19.2 Å². The number of nitrogens with one attached hydrogen (secondary N) is 2. The van der Waals surface area contributed by atoms with Crippen LogP contribution in [0.25, 0.3) is 0 Å². The number of hydrogen-bond acceptors (Lipinski definition) is 9. The average Bonchev–Trinajstić information content (AvgIpc) is 2.94. The molecule has 3 N–H and O–H groups in total. The van der Waals surface area contributed by atoms with Crippen LogP contribution in [-0.2, 0) is 23.9 Å². The maximum absolute atomic E-state index is 11.7. The van der Waals surface area contributed by atoms with Gasteiger partial charge in [-0.25, -0.2) is 9.59 Å². The number of carbonyl (C=O) groups is 4. The van der Waals surface area contributed by atoms with Crippen LogP contribution < -0.4 is 10.6 Å². The van der Waals surface area contributed by atoms with E-state index in [0.29, 0.717) is 0 Å². The van der Waals surface area contributed by atoms with Crippen molar-refractivity contribution < 1.29 is 33.8 Å². The van der Waals surface area contributed by atoms with Crippen LogP contribution in [0.4, 0.5) is 4.79 Å². The molecule has 1 fully saturated rings. The van der Waals surface area contributed by atoms with Gasteiger partial charge in [0.1, 0.15) is 0 Å². The molecule has 1 rings (SSSR count). The summed E-state index contributed by atoms with van der Waals surface area (Å²) in [4.78, 5) is 46.0. The Hall–Kier alpha value is -1.65. The summed E-state index contributed by atoms with van der Waals surface area (Å²) in [6.45, 7) is 1.38.